The molecule has 0 radical (unpaired) electrons. The third-order valence-electron chi connectivity index (χ3n) is 9.18. The van der Waals surface area contributed by atoms with E-state index in [4.69, 9.17) is 23.1 Å². The summed E-state index contributed by atoms with van der Waals surface area (Å²) in [6.45, 7) is 1.94. The van der Waals surface area contributed by atoms with Gasteiger partial charge in [-0.1, -0.05) is 121 Å². The first-order valence-corrected chi connectivity index (χ1v) is 20.3. The third kappa shape index (κ3) is 12.4. The first-order chi connectivity index (χ1) is 28.1. The van der Waals surface area contributed by atoms with E-state index in [0.717, 1.165) is 27.8 Å². The van der Waals surface area contributed by atoms with Crippen LogP contribution in [0.3, 0.4) is 0 Å². The van der Waals surface area contributed by atoms with Gasteiger partial charge in [0, 0.05) is 6.42 Å². The number of rotatable bonds is 20. The topological polar surface area (TPSA) is 138 Å². The van der Waals surface area contributed by atoms with Crippen LogP contribution in [-0.4, -0.2) is 43.4 Å². The molecule has 2 N–H and O–H groups in total. The number of aliphatic hydroxyl groups is 1. The molecule has 0 fully saturated rings. The van der Waals surface area contributed by atoms with Crippen molar-refractivity contribution in [2.24, 2.45) is 0 Å². The molecule has 58 heavy (non-hydrogen) atoms. The number of phenols is 1. The largest absolute Gasteiger partial charge is 0.508 e. The van der Waals surface area contributed by atoms with Gasteiger partial charge in [-0.3, -0.25) is 4.18 Å². The lowest BCUT2D eigenvalue weighted by atomic mass is 10.0. The molecule has 0 amide bonds. The SMILES string of the molecule is Cc1ccc(S(=O)(=O)OC[C@@H](O)CC[C@@H](Cc2ccc(O)cc2)OC(=O)c2cc(OCc3ccccc3)c(OCc3ccccc3)c(OCc3ccccc3)c2)cc1. The molecule has 6 aromatic carbocycles. The van der Waals surface area contributed by atoms with Crippen molar-refractivity contribution in [2.75, 3.05) is 6.61 Å². The summed E-state index contributed by atoms with van der Waals surface area (Å²) in [5.74, 6) is 0.265. The number of aromatic hydroxyl groups is 1. The van der Waals surface area contributed by atoms with Crippen molar-refractivity contribution in [2.45, 2.75) is 63.1 Å². The lowest BCUT2D eigenvalue weighted by Gasteiger charge is -2.22. The maximum Gasteiger partial charge on any atom is 0.338 e. The molecule has 0 bridgehead atoms. The lowest BCUT2D eigenvalue weighted by molar-refractivity contribution is 0.0215. The van der Waals surface area contributed by atoms with Crippen LogP contribution < -0.4 is 14.2 Å². The Labute approximate surface area is 339 Å². The average molecular weight is 803 g/mol. The van der Waals surface area contributed by atoms with Gasteiger partial charge in [0.1, 0.15) is 31.7 Å². The van der Waals surface area contributed by atoms with Crippen LogP contribution in [0.2, 0.25) is 0 Å². The van der Waals surface area contributed by atoms with E-state index in [1.807, 2.05) is 97.9 Å². The number of hydrogen-bond acceptors (Lipinski definition) is 10. The summed E-state index contributed by atoms with van der Waals surface area (Å²) >= 11 is 0. The number of esters is 1. The lowest BCUT2D eigenvalue weighted by Crippen LogP contribution is -2.25. The zero-order valence-corrected chi connectivity index (χ0v) is 32.9. The maximum absolute atomic E-state index is 14.1. The Hall–Kier alpha value is -6.14. The highest BCUT2D eigenvalue weighted by atomic mass is 32.2. The van der Waals surface area contributed by atoms with E-state index in [-0.39, 0.29) is 66.8 Å². The summed E-state index contributed by atoms with van der Waals surface area (Å²) < 4.78 is 55.9. The van der Waals surface area contributed by atoms with Crippen LogP contribution in [0.4, 0.5) is 0 Å². The molecule has 2 atom stereocenters. The Bertz CT molecular complexity index is 2240. The summed E-state index contributed by atoms with van der Waals surface area (Å²) in [5, 5.41) is 20.7. The number of phenolic OH excluding ortho intramolecular Hbond substituents is 1. The fourth-order valence-corrected chi connectivity index (χ4v) is 6.91. The molecule has 6 rings (SSSR count). The molecule has 11 heteroatoms. The summed E-state index contributed by atoms with van der Waals surface area (Å²) in [6.07, 6.45) is -1.49. The Kier molecular flexibility index (Phi) is 14.5. The van der Waals surface area contributed by atoms with Gasteiger partial charge in [-0.05, 0) is 78.4 Å². The number of aliphatic hydroxyl groups excluding tert-OH is 1. The molecule has 0 saturated carbocycles. The van der Waals surface area contributed by atoms with E-state index < -0.39 is 34.9 Å². The van der Waals surface area contributed by atoms with Crippen molar-refractivity contribution < 1.29 is 46.6 Å². The van der Waals surface area contributed by atoms with E-state index in [1.54, 1.807) is 36.4 Å². The van der Waals surface area contributed by atoms with Gasteiger partial charge in [0.05, 0.1) is 23.2 Å². The van der Waals surface area contributed by atoms with Gasteiger partial charge in [0.15, 0.2) is 11.5 Å². The molecule has 10 nitrogen and oxygen atoms in total. The van der Waals surface area contributed by atoms with E-state index in [9.17, 15) is 23.4 Å². The highest BCUT2D eigenvalue weighted by molar-refractivity contribution is 7.86. The first-order valence-electron chi connectivity index (χ1n) is 18.9. The van der Waals surface area contributed by atoms with Gasteiger partial charge >= 0.3 is 5.97 Å². The summed E-state index contributed by atoms with van der Waals surface area (Å²) in [7, 11) is -4.10. The molecule has 0 unspecified atom stereocenters. The molecule has 0 aliphatic rings. The fourth-order valence-electron chi connectivity index (χ4n) is 5.97. The minimum Gasteiger partial charge on any atom is -0.508 e. The van der Waals surface area contributed by atoms with Gasteiger partial charge < -0.3 is 29.2 Å². The highest BCUT2D eigenvalue weighted by Gasteiger charge is 2.25. The summed E-state index contributed by atoms with van der Waals surface area (Å²) in [6, 6.07) is 44.7. The van der Waals surface area contributed by atoms with Crippen LogP contribution in [0, 0.1) is 6.92 Å². The van der Waals surface area contributed by atoms with Crippen molar-refractivity contribution >= 4 is 16.1 Å². The molecule has 0 aliphatic carbocycles. The number of carbonyl (C=O) groups is 1. The van der Waals surface area contributed by atoms with Crippen molar-refractivity contribution in [3.8, 4) is 23.0 Å². The first kappa shape index (κ1) is 41.5. The van der Waals surface area contributed by atoms with Crippen LogP contribution in [0.5, 0.6) is 23.0 Å². The van der Waals surface area contributed by atoms with Crippen LogP contribution in [0.1, 0.15) is 51.0 Å². The zero-order valence-electron chi connectivity index (χ0n) is 32.1. The van der Waals surface area contributed by atoms with Crippen molar-refractivity contribution in [1.29, 1.82) is 0 Å². The molecular weight excluding hydrogens is 757 g/mol. The smallest absolute Gasteiger partial charge is 0.338 e. The Balaban J connectivity index is 1.25. The zero-order chi connectivity index (χ0) is 40.7. The standard InChI is InChI=1S/C47H46O10S/c1-34-17-25-43(26-18-34)58(51,52)56-33-41(49)23-24-42(27-35-19-21-40(48)22-20-35)57-47(50)39-28-44(53-30-36-11-5-2-6-12-36)46(55-32-38-15-9-4-10-16-38)45(29-39)54-31-37-13-7-3-8-14-37/h2-22,25-26,28-29,41-42,48-49H,23-24,27,30-33H2,1H3/t41-,42-/m0/s1. The van der Waals surface area contributed by atoms with Gasteiger partial charge in [-0.2, -0.15) is 8.42 Å². The normalized spacial score (nSPS) is 12.3. The predicted molar refractivity (Wildman–Crippen MR) is 219 cm³/mol. The quantitative estimate of drug-likeness (QED) is 0.0569. The minimum absolute atomic E-state index is 0.0137. The molecule has 0 saturated heterocycles. The van der Waals surface area contributed by atoms with Gasteiger partial charge in [0.25, 0.3) is 10.1 Å². The number of aryl methyl sites for hydroxylation is 1. The van der Waals surface area contributed by atoms with Crippen LogP contribution in [0.25, 0.3) is 0 Å². The summed E-state index contributed by atoms with van der Waals surface area (Å²) in [5.41, 5.74) is 4.53. The highest BCUT2D eigenvalue weighted by Crippen LogP contribution is 2.41. The average Bonchev–Trinajstić information content (AvgIpc) is 3.24. The Morgan fingerprint density at radius 3 is 1.64 bits per heavy atom. The van der Waals surface area contributed by atoms with Crippen LogP contribution in [-0.2, 0) is 45.3 Å². The second kappa shape index (κ2) is 20.3. The molecule has 0 heterocycles. The van der Waals surface area contributed by atoms with Crippen molar-refractivity contribution in [3.63, 3.8) is 0 Å². The molecule has 300 valence electrons. The molecule has 0 aromatic heterocycles. The number of benzene rings is 6. The monoisotopic (exact) mass is 802 g/mol. The second-order valence-electron chi connectivity index (χ2n) is 13.8. The third-order valence-corrected chi connectivity index (χ3v) is 10.5. The van der Waals surface area contributed by atoms with Gasteiger partial charge in [-0.15, -0.1) is 0 Å². The maximum atomic E-state index is 14.1. The van der Waals surface area contributed by atoms with Gasteiger partial charge in [-0.25, -0.2) is 4.79 Å². The van der Waals surface area contributed by atoms with E-state index in [1.165, 1.54) is 24.3 Å². The predicted octanol–water partition coefficient (Wildman–Crippen LogP) is 8.75. The summed E-state index contributed by atoms with van der Waals surface area (Å²) in [4.78, 5) is 14.1. The van der Waals surface area contributed by atoms with Gasteiger partial charge in [0.2, 0.25) is 5.75 Å². The number of carbonyl (C=O) groups excluding carboxylic acids is 1. The fraction of sp³-hybridized carbons (Fsp3) is 0.213. The van der Waals surface area contributed by atoms with Crippen molar-refractivity contribution in [1.82, 2.24) is 0 Å². The van der Waals surface area contributed by atoms with E-state index >= 15 is 0 Å². The minimum atomic E-state index is -4.10. The van der Waals surface area contributed by atoms with Crippen molar-refractivity contribution in [3.05, 3.63) is 185 Å². The number of hydrogen-bond donors (Lipinski definition) is 2. The molecular formula is C47H46O10S. The van der Waals surface area contributed by atoms with Crippen LogP contribution >= 0.6 is 0 Å². The molecule has 6 aromatic rings. The molecule has 0 aliphatic heterocycles. The number of ether oxygens (including phenoxy) is 4. The van der Waals surface area contributed by atoms with E-state index in [2.05, 4.69) is 0 Å². The Morgan fingerprint density at radius 1 is 0.621 bits per heavy atom. The van der Waals surface area contributed by atoms with E-state index in [0.29, 0.717) is 5.75 Å². The molecule has 0 spiro atoms. The Morgan fingerprint density at radius 2 is 1.12 bits per heavy atom. The second-order valence-corrected chi connectivity index (χ2v) is 15.4. The van der Waals surface area contributed by atoms with Crippen LogP contribution in [0.15, 0.2) is 157 Å².